The summed E-state index contributed by atoms with van der Waals surface area (Å²) in [7, 11) is 0. The molecular weight excluding hydrogens is 705 g/mol. The normalized spacial score (nSPS) is 16.4. The van der Waals surface area contributed by atoms with Gasteiger partial charge in [-0.05, 0) is 83.4 Å². The Labute approximate surface area is 341 Å². The molecule has 300 valence electrons. The van der Waals surface area contributed by atoms with Crippen LogP contribution >= 0.6 is 0 Å². The molecule has 1 aliphatic heterocycles. The summed E-state index contributed by atoms with van der Waals surface area (Å²) >= 11 is 0. The second kappa shape index (κ2) is 21.6. The van der Waals surface area contributed by atoms with Crippen LogP contribution in [0.4, 0.5) is 0 Å². The molecule has 57 heavy (non-hydrogen) atoms. The fraction of sp³-hybridized carbons (Fsp3) is 0.333. The van der Waals surface area contributed by atoms with Crippen molar-refractivity contribution in [2.75, 3.05) is 6.79 Å². The predicted molar refractivity (Wildman–Crippen MR) is 237 cm³/mol. The first-order chi connectivity index (χ1) is 28.0. The lowest BCUT2D eigenvalue weighted by molar-refractivity contribution is -0.123. The number of carbonyl (C=O) groups excluding carboxylic acids is 2. The summed E-state index contributed by atoms with van der Waals surface area (Å²) in [5.74, 6) is 1.69. The van der Waals surface area contributed by atoms with E-state index in [2.05, 4.69) is 65.3 Å². The number of ether oxygens (including phenoxy) is 2. The van der Waals surface area contributed by atoms with Crippen molar-refractivity contribution in [2.45, 2.75) is 105 Å². The van der Waals surface area contributed by atoms with E-state index in [0.29, 0.717) is 0 Å². The summed E-state index contributed by atoms with van der Waals surface area (Å²) in [6.07, 6.45) is 13.5. The zero-order valence-electron chi connectivity index (χ0n) is 35.3. The Kier molecular flexibility index (Phi) is 16.7. The smallest absolute Gasteiger partial charge is 0.234 e. The van der Waals surface area contributed by atoms with E-state index >= 15 is 0 Å². The number of benzene rings is 4. The van der Waals surface area contributed by atoms with Gasteiger partial charge in [-0.15, -0.1) is 0 Å². The van der Waals surface area contributed by atoms with Gasteiger partial charge >= 0.3 is 0 Å². The van der Waals surface area contributed by atoms with Crippen molar-refractivity contribution in [1.82, 2.24) is 10.6 Å². The standard InChI is InChI=1S/C22H19NO3.C21H19NO.4C2H6/c24-21(23-18-8-6-16(12-18)15-4-2-1-3-5-15)22(10-11-22)17-7-9-19-20(13-17)26-14-25-19;23-20(21(13-14-21)18-9-5-2-6-10-18)22-19-12-11-17(15-19)16-7-3-1-4-8-16;4*1-2/h1-7,9,12-13H,8,10-11,14H2,(H,23,24);1-12H,13-15H2,(H,22,23);4*1-2H3. The average Bonchev–Trinajstić information content (AvgIpc) is 4.11. The zero-order chi connectivity index (χ0) is 41.3. The Morgan fingerprint density at radius 1 is 0.544 bits per heavy atom. The summed E-state index contributed by atoms with van der Waals surface area (Å²) in [5.41, 5.74) is 8.16. The van der Waals surface area contributed by atoms with Crippen LogP contribution in [0.1, 0.15) is 116 Å². The summed E-state index contributed by atoms with van der Waals surface area (Å²) in [6.45, 7) is 16.2. The van der Waals surface area contributed by atoms with E-state index < -0.39 is 5.41 Å². The van der Waals surface area contributed by atoms with Gasteiger partial charge in [-0.25, -0.2) is 0 Å². The Balaban J connectivity index is 0.000000217. The van der Waals surface area contributed by atoms with E-state index in [1.165, 1.54) is 16.7 Å². The van der Waals surface area contributed by atoms with Gasteiger partial charge in [-0.3, -0.25) is 9.59 Å². The molecule has 0 bridgehead atoms. The van der Waals surface area contributed by atoms with Crippen LogP contribution < -0.4 is 20.1 Å². The third-order valence-corrected chi connectivity index (χ3v) is 10.2. The third-order valence-electron chi connectivity index (χ3n) is 10.2. The molecule has 4 aromatic carbocycles. The molecule has 0 aromatic heterocycles. The van der Waals surface area contributed by atoms with Crippen LogP contribution in [0.15, 0.2) is 145 Å². The molecule has 6 heteroatoms. The fourth-order valence-electron chi connectivity index (χ4n) is 6.93. The minimum atomic E-state index is -0.433. The topological polar surface area (TPSA) is 76.7 Å². The quantitative estimate of drug-likeness (QED) is 0.187. The lowest BCUT2D eigenvalue weighted by atomic mass is 9.94. The van der Waals surface area contributed by atoms with Crippen molar-refractivity contribution in [1.29, 1.82) is 0 Å². The SMILES string of the molecule is CC.CC.CC.CC.O=C(NC1=CC(c2ccccc2)=CC1)C1(c2ccc3c(c2)OCO3)CC1.O=C(NC1=CC=C(c2ccccc2)C1)C1(c2ccccc2)CC1. The van der Waals surface area contributed by atoms with Gasteiger partial charge in [0.15, 0.2) is 11.5 Å². The van der Waals surface area contributed by atoms with Crippen LogP contribution in [0.25, 0.3) is 11.1 Å². The predicted octanol–water partition coefficient (Wildman–Crippen LogP) is 12.2. The molecule has 6 nitrogen and oxygen atoms in total. The molecule has 1 heterocycles. The molecule has 2 saturated carbocycles. The molecular formula is C51H62N2O4. The second-order valence-corrected chi connectivity index (χ2v) is 13.3. The third kappa shape index (κ3) is 10.6. The van der Waals surface area contributed by atoms with E-state index in [9.17, 15) is 9.59 Å². The molecule has 4 aromatic rings. The van der Waals surface area contributed by atoms with Gasteiger partial charge in [0.05, 0.1) is 10.8 Å². The number of nitrogens with one attached hydrogen (secondary N) is 2. The molecule has 0 radical (unpaired) electrons. The first-order valence-corrected chi connectivity index (χ1v) is 21.0. The number of rotatable bonds is 8. The number of allylic oxidation sites excluding steroid dienone is 6. The van der Waals surface area contributed by atoms with Crippen LogP contribution in [0.2, 0.25) is 0 Å². The summed E-state index contributed by atoms with van der Waals surface area (Å²) < 4.78 is 10.8. The van der Waals surface area contributed by atoms with E-state index in [4.69, 9.17) is 9.47 Å². The maximum Gasteiger partial charge on any atom is 0.234 e. The average molecular weight is 767 g/mol. The highest BCUT2D eigenvalue weighted by molar-refractivity contribution is 5.94. The van der Waals surface area contributed by atoms with Crippen molar-refractivity contribution < 1.29 is 19.1 Å². The highest BCUT2D eigenvalue weighted by Gasteiger charge is 2.52. The maximum absolute atomic E-state index is 13.0. The summed E-state index contributed by atoms with van der Waals surface area (Å²) in [5, 5.41) is 6.30. The minimum absolute atomic E-state index is 0.0744. The van der Waals surface area contributed by atoms with Gasteiger partial charge in [0.25, 0.3) is 0 Å². The highest BCUT2D eigenvalue weighted by atomic mass is 16.7. The molecule has 4 aliphatic carbocycles. The zero-order valence-corrected chi connectivity index (χ0v) is 35.3. The molecule has 2 amide bonds. The maximum atomic E-state index is 13.0. The monoisotopic (exact) mass is 766 g/mol. The number of hydrogen-bond donors (Lipinski definition) is 2. The summed E-state index contributed by atoms with van der Waals surface area (Å²) in [6, 6.07) is 36.5. The molecule has 2 N–H and O–H groups in total. The Morgan fingerprint density at radius 2 is 1.05 bits per heavy atom. The van der Waals surface area contributed by atoms with E-state index in [1.54, 1.807) is 0 Å². The number of hydrogen-bond acceptors (Lipinski definition) is 4. The van der Waals surface area contributed by atoms with Gasteiger partial charge in [0.1, 0.15) is 0 Å². The Hall–Kier alpha value is -5.62. The van der Waals surface area contributed by atoms with E-state index in [-0.39, 0.29) is 24.0 Å². The van der Waals surface area contributed by atoms with Crippen molar-refractivity contribution >= 4 is 23.0 Å². The van der Waals surface area contributed by atoms with Crippen LogP contribution in [0.5, 0.6) is 11.5 Å². The van der Waals surface area contributed by atoms with Crippen molar-refractivity contribution in [3.63, 3.8) is 0 Å². The number of carbonyl (C=O) groups is 2. The summed E-state index contributed by atoms with van der Waals surface area (Å²) in [4.78, 5) is 25.7. The minimum Gasteiger partial charge on any atom is -0.454 e. The van der Waals surface area contributed by atoms with Crippen LogP contribution in [0.3, 0.4) is 0 Å². The van der Waals surface area contributed by atoms with Gasteiger partial charge in [0, 0.05) is 24.2 Å². The molecule has 0 atom stereocenters. The second-order valence-electron chi connectivity index (χ2n) is 13.3. The first-order valence-electron chi connectivity index (χ1n) is 21.0. The van der Waals surface area contributed by atoms with Gasteiger partial charge in [0.2, 0.25) is 18.6 Å². The highest BCUT2D eigenvalue weighted by Crippen LogP contribution is 2.51. The van der Waals surface area contributed by atoms with Crippen molar-refractivity contribution in [2.24, 2.45) is 0 Å². The van der Waals surface area contributed by atoms with E-state index in [0.717, 1.165) is 78.1 Å². The fourth-order valence-corrected chi connectivity index (χ4v) is 6.93. The molecule has 0 unspecified atom stereocenters. The Bertz CT molecular complexity index is 2020. The van der Waals surface area contributed by atoms with Gasteiger partial charge in [-0.2, -0.15) is 0 Å². The van der Waals surface area contributed by atoms with Crippen LogP contribution in [-0.4, -0.2) is 18.6 Å². The number of fused-ring (bicyclic) bond motifs is 1. The lowest BCUT2D eigenvalue weighted by Gasteiger charge is -2.16. The number of amides is 2. The molecule has 2 fully saturated rings. The van der Waals surface area contributed by atoms with Gasteiger partial charge in [-0.1, -0.05) is 165 Å². The van der Waals surface area contributed by atoms with Crippen molar-refractivity contribution in [3.05, 3.63) is 167 Å². The lowest BCUT2D eigenvalue weighted by Crippen LogP contribution is -2.33. The van der Waals surface area contributed by atoms with E-state index in [1.807, 2.05) is 134 Å². The molecule has 9 rings (SSSR count). The molecule has 5 aliphatic rings. The van der Waals surface area contributed by atoms with Crippen LogP contribution in [-0.2, 0) is 20.4 Å². The molecule has 0 saturated heterocycles. The van der Waals surface area contributed by atoms with Crippen molar-refractivity contribution in [3.8, 4) is 11.5 Å². The van der Waals surface area contributed by atoms with Gasteiger partial charge < -0.3 is 20.1 Å². The Morgan fingerprint density at radius 3 is 1.63 bits per heavy atom. The first kappa shape index (κ1) is 44.1. The van der Waals surface area contributed by atoms with Crippen LogP contribution in [0, 0.1) is 0 Å². The molecule has 0 spiro atoms. The largest absolute Gasteiger partial charge is 0.454 e.